The highest BCUT2D eigenvalue weighted by Crippen LogP contribution is 2.29. The van der Waals surface area contributed by atoms with E-state index in [0.29, 0.717) is 25.4 Å². The Morgan fingerprint density at radius 2 is 2.11 bits per heavy atom. The van der Waals surface area contributed by atoms with Gasteiger partial charge in [0.15, 0.2) is 0 Å². The molecule has 0 aliphatic carbocycles. The zero-order valence-electron chi connectivity index (χ0n) is 10.9. The summed E-state index contributed by atoms with van der Waals surface area (Å²) in [6.07, 6.45) is 0. The van der Waals surface area contributed by atoms with Gasteiger partial charge in [0.05, 0.1) is 17.2 Å². The Morgan fingerprint density at radius 3 is 2.74 bits per heavy atom. The molecule has 0 spiro atoms. The number of nitrogens with two attached hydrogens (primary N) is 1. The normalized spacial score (nSPS) is 20.4. The van der Waals surface area contributed by atoms with Gasteiger partial charge in [0.25, 0.3) is 0 Å². The third-order valence-electron chi connectivity index (χ3n) is 2.96. The predicted octanol–water partition coefficient (Wildman–Crippen LogP) is 1.72. The summed E-state index contributed by atoms with van der Waals surface area (Å²) in [7, 11) is -3.64. The quantitative estimate of drug-likeness (QED) is 0.844. The van der Waals surface area contributed by atoms with Gasteiger partial charge in [-0.05, 0) is 32.0 Å². The predicted molar refractivity (Wildman–Crippen MR) is 74.7 cm³/mol. The second-order valence-electron chi connectivity index (χ2n) is 5.14. The van der Waals surface area contributed by atoms with E-state index in [9.17, 15) is 8.42 Å². The number of anilines is 1. The number of morpholine rings is 1. The van der Waals surface area contributed by atoms with Gasteiger partial charge in [-0.15, -0.1) is 0 Å². The van der Waals surface area contributed by atoms with E-state index in [1.54, 1.807) is 6.07 Å². The van der Waals surface area contributed by atoms with E-state index >= 15 is 0 Å². The Balaban J connectivity index is 2.39. The van der Waals surface area contributed by atoms with Crippen molar-refractivity contribution in [3.63, 3.8) is 0 Å². The van der Waals surface area contributed by atoms with Crippen molar-refractivity contribution in [2.24, 2.45) is 0 Å². The van der Waals surface area contributed by atoms with E-state index < -0.39 is 15.6 Å². The lowest BCUT2D eigenvalue weighted by molar-refractivity contribution is -0.0640. The van der Waals surface area contributed by atoms with Gasteiger partial charge in [-0.1, -0.05) is 11.6 Å². The average Bonchev–Trinajstić information content (AvgIpc) is 2.31. The molecule has 0 amide bonds. The summed E-state index contributed by atoms with van der Waals surface area (Å²) in [6.45, 7) is 4.69. The molecule has 1 aliphatic rings. The molecule has 1 saturated heterocycles. The largest absolute Gasteiger partial charge is 0.399 e. The zero-order valence-corrected chi connectivity index (χ0v) is 12.5. The molecule has 2 rings (SSSR count). The number of benzene rings is 1. The number of nitrogen functional groups attached to an aromatic ring is 1. The summed E-state index contributed by atoms with van der Waals surface area (Å²) in [4.78, 5) is 0.0480. The minimum Gasteiger partial charge on any atom is -0.399 e. The molecule has 1 fully saturated rings. The minimum absolute atomic E-state index is 0.0480. The Morgan fingerprint density at radius 1 is 1.42 bits per heavy atom. The van der Waals surface area contributed by atoms with Crippen molar-refractivity contribution in [1.82, 2.24) is 4.31 Å². The average molecular weight is 305 g/mol. The number of hydrogen-bond acceptors (Lipinski definition) is 4. The standard InChI is InChI=1S/C12H17ClN2O3S/c1-12(2)8-15(5-6-18-12)19(16,17)11-7-9(14)3-4-10(11)13/h3-4,7H,5-6,8,14H2,1-2H3. The van der Waals surface area contributed by atoms with Crippen molar-refractivity contribution in [3.05, 3.63) is 23.2 Å². The maximum absolute atomic E-state index is 12.6. The van der Waals surface area contributed by atoms with E-state index in [4.69, 9.17) is 22.1 Å². The van der Waals surface area contributed by atoms with Gasteiger partial charge in [0.2, 0.25) is 10.0 Å². The van der Waals surface area contributed by atoms with Crippen LogP contribution in [0.1, 0.15) is 13.8 Å². The first-order valence-corrected chi connectivity index (χ1v) is 7.73. The van der Waals surface area contributed by atoms with Gasteiger partial charge in [-0.3, -0.25) is 0 Å². The van der Waals surface area contributed by atoms with E-state index in [-0.39, 0.29) is 9.92 Å². The molecule has 7 heteroatoms. The van der Waals surface area contributed by atoms with Crippen molar-refractivity contribution < 1.29 is 13.2 Å². The van der Waals surface area contributed by atoms with E-state index in [1.165, 1.54) is 16.4 Å². The van der Waals surface area contributed by atoms with Gasteiger partial charge >= 0.3 is 0 Å². The maximum Gasteiger partial charge on any atom is 0.244 e. The van der Waals surface area contributed by atoms with Crippen molar-refractivity contribution in [2.75, 3.05) is 25.4 Å². The number of sulfonamides is 1. The van der Waals surface area contributed by atoms with Crippen LogP contribution in [0.15, 0.2) is 23.1 Å². The number of nitrogens with zero attached hydrogens (tertiary/aromatic N) is 1. The van der Waals surface area contributed by atoms with Crippen LogP contribution in [0, 0.1) is 0 Å². The summed E-state index contributed by atoms with van der Waals surface area (Å²) < 4.78 is 32.1. The fourth-order valence-electron chi connectivity index (χ4n) is 2.04. The van der Waals surface area contributed by atoms with Crippen molar-refractivity contribution >= 4 is 27.3 Å². The van der Waals surface area contributed by atoms with Gasteiger partial charge in [0, 0.05) is 18.8 Å². The molecule has 5 nitrogen and oxygen atoms in total. The summed E-state index contributed by atoms with van der Waals surface area (Å²) in [5, 5.41) is 0.179. The Bertz CT molecular complexity index is 587. The maximum atomic E-state index is 12.6. The third kappa shape index (κ3) is 3.02. The molecule has 0 aromatic heterocycles. The Labute approximate surface area is 118 Å². The summed E-state index contributed by atoms with van der Waals surface area (Å²) in [6, 6.07) is 4.46. The fourth-order valence-corrected chi connectivity index (χ4v) is 4.12. The van der Waals surface area contributed by atoms with Gasteiger partial charge in [-0.2, -0.15) is 4.31 Å². The lowest BCUT2D eigenvalue weighted by atomic mass is 10.1. The van der Waals surface area contributed by atoms with Crippen LogP contribution in [0.2, 0.25) is 5.02 Å². The van der Waals surface area contributed by atoms with Gasteiger partial charge in [-0.25, -0.2) is 8.42 Å². The number of rotatable bonds is 2. The van der Waals surface area contributed by atoms with Crippen LogP contribution >= 0.6 is 11.6 Å². The smallest absolute Gasteiger partial charge is 0.244 e. The second-order valence-corrected chi connectivity index (χ2v) is 7.45. The molecular weight excluding hydrogens is 288 g/mol. The lowest BCUT2D eigenvalue weighted by Crippen LogP contribution is -2.50. The third-order valence-corrected chi connectivity index (χ3v) is 5.29. The second kappa shape index (κ2) is 4.94. The highest BCUT2D eigenvalue weighted by molar-refractivity contribution is 7.89. The SMILES string of the molecule is CC1(C)CN(S(=O)(=O)c2cc(N)ccc2Cl)CCO1. The van der Waals surface area contributed by atoms with E-state index in [2.05, 4.69) is 0 Å². The first-order chi connectivity index (χ1) is 8.72. The lowest BCUT2D eigenvalue weighted by Gasteiger charge is -2.37. The van der Waals surface area contributed by atoms with Crippen molar-refractivity contribution in [1.29, 1.82) is 0 Å². The van der Waals surface area contributed by atoms with E-state index in [0.717, 1.165) is 0 Å². The molecule has 1 aromatic carbocycles. The molecule has 1 heterocycles. The first-order valence-electron chi connectivity index (χ1n) is 5.91. The molecule has 0 atom stereocenters. The molecule has 106 valence electrons. The summed E-state index contributed by atoms with van der Waals surface area (Å²) in [5.74, 6) is 0. The Kier molecular flexibility index (Phi) is 3.79. The highest BCUT2D eigenvalue weighted by atomic mass is 35.5. The van der Waals surface area contributed by atoms with Gasteiger partial charge < -0.3 is 10.5 Å². The first kappa shape index (κ1) is 14.6. The van der Waals surface area contributed by atoms with Gasteiger partial charge in [0.1, 0.15) is 4.90 Å². The Hall–Kier alpha value is -0.820. The van der Waals surface area contributed by atoms with Crippen LogP contribution in [0.25, 0.3) is 0 Å². The molecule has 19 heavy (non-hydrogen) atoms. The van der Waals surface area contributed by atoms with Crippen molar-refractivity contribution in [3.8, 4) is 0 Å². The van der Waals surface area contributed by atoms with Crippen LogP contribution in [-0.2, 0) is 14.8 Å². The highest BCUT2D eigenvalue weighted by Gasteiger charge is 2.35. The molecule has 1 aromatic rings. The number of hydrogen-bond donors (Lipinski definition) is 1. The van der Waals surface area contributed by atoms with Crippen LogP contribution in [0.5, 0.6) is 0 Å². The van der Waals surface area contributed by atoms with Crippen molar-refractivity contribution in [2.45, 2.75) is 24.3 Å². The number of ether oxygens (including phenoxy) is 1. The zero-order chi connectivity index (χ0) is 14.3. The molecule has 0 bridgehead atoms. The molecule has 0 unspecified atom stereocenters. The van der Waals surface area contributed by atoms with Crippen LogP contribution in [0.3, 0.4) is 0 Å². The monoisotopic (exact) mass is 304 g/mol. The summed E-state index contributed by atoms with van der Waals surface area (Å²) in [5.41, 5.74) is 5.51. The fraction of sp³-hybridized carbons (Fsp3) is 0.500. The molecule has 0 radical (unpaired) electrons. The van der Waals surface area contributed by atoms with Crippen LogP contribution in [0.4, 0.5) is 5.69 Å². The van der Waals surface area contributed by atoms with E-state index in [1.807, 2.05) is 13.8 Å². The molecular formula is C12H17ClN2O3S. The topological polar surface area (TPSA) is 72.6 Å². The molecule has 2 N–H and O–H groups in total. The van der Waals surface area contributed by atoms with Crippen LogP contribution in [-0.4, -0.2) is 38.0 Å². The number of halogens is 1. The molecule has 1 aliphatic heterocycles. The van der Waals surface area contributed by atoms with Crippen LogP contribution < -0.4 is 5.73 Å². The minimum atomic E-state index is -3.64. The summed E-state index contributed by atoms with van der Waals surface area (Å²) >= 11 is 5.98. The molecule has 0 saturated carbocycles.